The van der Waals surface area contributed by atoms with Gasteiger partial charge in [-0.3, -0.25) is 4.79 Å². The summed E-state index contributed by atoms with van der Waals surface area (Å²) in [4.78, 5) is 11.8. The van der Waals surface area contributed by atoms with Gasteiger partial charge in [0, 0.05) is 41.0 Å². The third-order valence-corrected chi connectivity index (χ3v) is 3.16. The van der Waals surface area contributed by atoms with Gasteiger partial charge in [0.15, 0.2) is 5.78 Å². The molecule has 19 heavy (non-hydrogen) atoms. The molecule has 0 fully saturated rings. The Hall–Kier alpha value is -1.61. The van der Waals surface area contributed by atoms with Crippen molar-refractivity contribution in [2.45, 2.75) is 20.4 Å². The number of hydrogen-bond donors (Lipinski definition) is 0. The molecule has 0 amide bonds. The number of nitrogens with zero attached hydrogens (tertiary/aromatic N) is 1. The average molecular weight is 280 g/mol. The van der Waals surface area contributed by atoms with E-state index in [1.54, 1.807) is 29.1 Å². The predicted molar refractivity (Wildman–Crippen MR) is 74.1 cm³/mol. The summed E-state index contributed by atoms with van der Waals surface area (Å²) in [5.74, 6) is -0.251. The molecular weight excluding hydrogens is 265 g/mol. The van der Waals surface area contributed by atoms with Crippen molar-refractivity contribution < 1.29 is 9.18 Å². The van der Waals surface area contributed by atoms with Crippen LogP contribution in [-0.2, 0) is 6.54 Å². The van der Waals surface area contributed by atoms with Gasteiger partial charge in [-0.25, -0.2) is 4.39 Å². The Kier molecular flexibility index (Phi) is 4.05. The highest BCUT2D eigenvalue weighted by Gasteiger charge is 2.12. The molecule has 1 heterocycles. The van der Waals surface area contributed by atoms with Crippen molar-refractivity contribution in [3.63, 3.8) is 0 Å². The molecule has 1 aromatic carbocycles. The van der Waals surface area contributed by atoms with Crippen LogP contribution in [0.3, 0.4) is 0 Å². The number of Topliss-reactive ketones (excluding diaryl/α,β-unsaturated/α-hetero) is 1. The van der Waals surface area contributed by atoms with E-state index in [4.69, 9.17) is 11.6 Å². The molecule has 0 saturated carbocycles. The van der Waals surface area contributed by atoms with Gasteiger partial charge < -0.3 is 4.57 Å². The number of carbonyl (C=O) groups excluding carboxylic acids is 1. The molecule has 100 valence electrons. The molecule has 0 spiro atoms. The quantitative estimate of drug-likeness (QED) is 0.770. The van der Waals surface area contributed by atoms with Crippen LogP contribution >= 0.6 is 11.6 Å². The van der Waals surface area contributed by atoms with Crippen LogP contribution in [0.2, 0.25) is 5.02 Å². The van der Waals surface area contributed by atoms with E-state index in [-0.39, 0.29) is 17.5 Å². The van der Waals surface area contributed by atoms with E-state index in [0.29, 0.717) is 22.7 Å². The van der Waals surface area contributed by atoms with E-state index >= 15 is 0 Å². The third-order valence-electron chi connectivity index (χ3n) is 2.92. The normalized spacial score (nSPS) is 11.0. The highest BCUT2D eigenvalue weighted by molar-refractivity contribution is 6.30. The van der Waals surface area contributed by atoms with Crippen LogP contribution in [0, 0.1) is 11.7 Å². The minimum atomic E-state index is -0.296. The molecule has 0 aliphatic carbocycles. The Labute approximate surface area is 116 Å². The summed E-state index contributed by atoms with van der Waals surface area (Å²) in [6, 6.07) is 6.22. The van der Waals surface area contributed by atoms with Crippen molar-refractivity contribution in [3.05, 3.63) is 58.6 Å². The molecule has 0 atom stereocenters. The minimum Gasteiger partial charge on any atom is -0.349 e. The Bertz CT molecular complexity index is 604. The number of benzene rings is 1. The number of carbonyl (C=O) groups is 1. The number of aromatic nitrogens is 1. The summed E-state index contributed by atoms with van der Waals surface area (Å²) < 4.78 is 15.4. The summed E-state index contributed by atoms with van der Waals surface area (Å²) in [5, 5.41) is 0.502. The Morgan fingerprint density at radius 3 is 2.79 bits per heavy atom. The van der Waals surface area contributed by atoms with Crippen molar-refractivity contribution in [1.82, 2.24) is 4.57 Å². The Morgan fingerprint density at radius 1 is 1.37 bits per heavy atom. The largest absolute Gasteiger partial charge is 0.349 e. The van der Waals surface area contributed by atoms with Crippen molar-refractivity contribution in [3.8, 4) is 0 Å². The van der Waals surface area contributed by atoms with Crippen molar-refractivity contribution in [2.24, 2.45) is 5.92 Å². The Balaban J connectivity index is 2.20. The van der Waals surface area contributed by atoms with Gasteiger partial charge in [-0.05, 0) is 24.3 Å². The monoisotopic (exact) mass is 279 g/mol. The number of rotatable bonds is 4. The fraction of sp³-hybridized carbons (Fsp3) is 0.267. The fourth-order valence-electron chi connectivity index (χ4n) is 1.88. The first kappa shape index (κ1) is 13.8. The highest BCUT2D eigenvalue weighted by atomic mass is 35.5. The van der Waals surface area contributed by atoms with Crippen LogP contribution in [0.15, 0.2) is 36.7 Å². The zero-order valence-electron chi connectivity index (χ0n) is 10.9. The SMILES string of the molecule is CC(C)C(=O)c1ccn(Cc2cc(Cl)ccc2F)c1. The van der Waals surface area contributed by atoms with Gasteiger partial charge in [0.2, 0.25) is 0 Å². The van der Waals surface area contributed by atoms with E-state index in [2.05, 4.69) is 0 Å². The fourth-order valence-corrected chi connectivity index (χ4v) is 2.07. The maximum absolute atomic E-state index is 13.6. The first-order valence-corrected chi connectivity index (χ1v) is 6.49. The zero-order valence-corrected chi connectivity index (χ0v) is 11.6. The summed E-state index contributed by atoms with van der Waals surface area (Å²) in [6.07, 6.45) is 3.51. The molecule has 2 nitrogen and oxygen atoms in total. The van der Waals surface area contributed by atoms with Gasteiger partial charge in [0.25, 0.3) is 0 Å². The lowest BCUT2D eigenvalue weighted by atomic mass is 10.0. The molecule has 2 aromatic rings. The topological polar surface area (TPSA) is 22.0 Å². The highest BCUT2D eigenvalue weighted by Crippen LogP contribution is 2.17. The van der Waals surface area contributed by atoms with E-state index in [1.807, 2.05) is 13.8 Å². The predicted octanol–water partition coefficient (Wildman–Crippen LogP) is 4.17. The molecular formula is C15H15ClFNO. The molecule has 4 heteroatoms. The second-order valence-corrected chi connectivity index (χ2v) is 5.26. The van der Waals surface area contributed by atoms with Gasteiger partial charge >= 0.3 is 0 Å². The van der Waals surface area contributed by atoms with Gasteiger partial charge in [-0.15, -0.1) is 0 Å². The van der Waals surface area contributed by atoms with E-state index in [9.17, 15) is 9.18 Å². The first-order chi connectivity index (χ1) is 8.97. The molecule has 2 rings (SSSR count). The first-order valence-electron chi connectivity index (χ1n) is 6.11. The molecule has 1 aromatic heterocycles. The smallest absolute Gasteiger partial charge is 0.166 e. The van der Waals surface area contributed by atoms with Crippen LogP contribution in [0.4, 0.5) is 4.39 Å². The second kappa shape index (κ2) is 5.57. The number of hydrogen-bond acceptors (Lipinski definition) is 1. The summed E-state index contributed by atoms with van der Waals surface area (Å²) in [7, 11) is 0. The summed E-state index contributed by atoms with van der Waals surface area (Å²) in [5.41, 5.74) is 1.16. The molecule has 0 aliphatic rings. The van der Waals surface area contributed by atoms with E-state index < -0.39 is 0 Å². The van der Waals surface area contributed by atoms with Crippen molar-refractivity contribution >= 4 is 17.4 Å². The summed E-state index contributed by atoms with van der Waals surface area (Å²) >= 11 is 5.85. The molecule has 0 radical (unpaired) electrons. The van der Waals surface area contributed by atoms with Crippen LogP contribution in [0.1, 0.15) is 29.8 Å². The lowest BCUT2D eigenvalue weighted by molar-refractivity contribution is 0.0939. The lowest BCUT2D eigenvalue weighted by Gasteiger charge is -2.05. The van der Waals surface area contributed by atoms with Gasteiger partial charge in [0.1, 0.15) is 5.82 Å². The zero-order chi connectivity index (χ0) is 14.0. The lowest BCUT2D eigenvalue weighted by Crippen LogP contribution is -2.06. The molecule has 0 N–H and O–H groups in total. The van der Waals surface area contributed by atoms with Gasteiger partial charge in [0.05, 0.1) is 0 Å². The second-order valence-electron chi connectivity index (χ2n) is 4.83. The van der Waals surface area contributed by atoms with Crippen LogP contribution in [0.25, 0.3) is 0 Å². The van der Waals surface area contributed by atoms with Crippen LogP contribution < -0.4 is 0 Å². The third kappa shape index (κ3) is 3.24. The minimum absolute atomic E-state index is 0.0428. The van der Waals surface area contributed by atoms with Crippen molar-refractivity contribution in [2.75, 3.05) is 0 Å². The van der Waals surface area contributed by atoms with E-state index in [1.165, 1.54) is 12.1 Å². The van der Waals surface area contributed by atoms with Crippen molar-refractivity contribution in [1.29, 1.82) is 0 Å². The maximum Gasteiger partial charge on any atom is 0.166 e. The van der Waals surface area contributed by atoms with Crippen LogP contribution in [0.5, 0.6) is 0 Å². The van der Waals surface area contributed by atoms with Gasteiger partial charge in [-0.2, -0.15) is 0 Å². The Morgan fingerprint density at radius 2 is 2.11 bits per heavy atom. The molecule has 0 unspecified atom stereocenters. The molecule has 0 saturated heterocycles. The molecule has 0 bridgehead atoms. The number of halogens is 2. The van der Waals surface area contributed by atoms with Crippen LogP contribution in [-0.4, -0.2) is 10.4 Å². The average Bonchev–Trinajstić information content (AvgIpc) is 2.81. The molecule has 0 aliphatic heterocycles. The maximum atomic E-state index is 13.6. The van der Waals surface area contributed by atoms with Gasteiger partial charge in [-0.1, -0.05) is 25.4 Å². The number of ketones is 1. The standard InChI is InChI=1S/C15H15ClFNO/c1-10(2)15(19)11-5-6-18(8-11)9-12-7-13(16)3-4-14(12)17/h3-8,10H,9H2,1-2H3. The summed E-state index contributed by atoms with van der Waals surface area (Å²) in [6.45, 7) is 4.07. The van der Waals surface area contributed by atoms with E-state index in [0.717, 1.165) is 0 Å².